The number of carbonyl (C=O) groups is 1. The molecule has 0 aromatic rings. The van der Waals surface area contributed by atoms with Gasteiger partial charge in [0.05, 0.1) is 0 Å². The quantitative estimate of drug-likeness (QED) is 0.567. The molecule has 0 aromatic heterocycles. The lowest BCUT2D eigenvalue weighted by molar-refractivity contribution is -0.131. The third kappa shape index (κ3) is 3.51. The zero-order valence-corrected chi connectivity index (χ0v) is 14.4. The Morgan fingerprint density at radius 3 is 1.85 bits per heavy atom. The maximum Gasteiger partial charge on any atom is 0.328 e. The summed E-state index contributed by atoms with van der Waals surface area (Å²) >= 11 is 0. The molecule has 130 valence electrons. The van der Waals surface area contributed by atoms with Gasteiger partial charge in [-0.3, -0.25) is 0 Å². The van der Waals surface area contributed by atoms with Crippen LogP contribution in [-0.2, 0) is 4.79 Å². The van der Waals surface area contributed by atoms with E-state index in [-0.39, 0.29) is 16.7 Å². The SMILES string of the molecule is N#CC(C#N)=C1CC2(CCCCCCC2)C(=C(C#N)C#N)/C1=C/C(=O)O. The van der Waals surface area contributed by atoms with Crippen LogP contribution in [0.5, 0.6) is 0 Å². The molecule has 26 heavy (non-hydrogen) atoms. The van der Waals surface area contributed by atoms with Gasteiger partial charge in [0.1, 0.15) is 35.4 Å². The van der Waals surface area contributed by atoms with E-state index in [1.807, 2.05) is 24.3 Å². The molecular weight excluding hydrogens is 328 g/mol. The van der Waals surface area contributed by atoms with Crippen LogP contribution < -0.4 is 0 Å². The zero-order chi connectivity index (χ0) is 19.2. The first-order chi connectivity index (χ1) is 12.5. The normalized spacial score (nSPS) is 20.2. The highest BCUT2D eigenvalue weighted by Crippen LogP contribution is 2.57. The van der Waals surface area contributed by atoms with Crippen molar-refractivity contribution in [1.29, 1.82) is 21.0 Å². The third-order valence-corrected chi connectivity index (χ3v) is 5.22. The Labute approximate surface area is 152 Å². The van der Waals surface area contributed by atoms with Gasteiger partial charge in [-0.15, -0.1) is 0 Å². The number of carboxylic acids is 1. The fourth-order valence-electron chi connectivity index (χ4n) is 4.17. The standard InChI is InChI=1S/C20H18N4O2/c21-10-14(11-22)17-9-20(6-4-2-1-3-5-7-20)19(15(12-23)13-24)16(17)8-18(25)26/h8H,1-7,9H2,(H,25,26)/b16-8+. The lowest BCUT2D eigenvalue weighted by Crippen LogP contribution is -2.22. The lowest BCUT2D eigenvalue weighted by atomic mass is 9.70. The third-order valence-electron chi connectivity index (χ3n) is 5.22. The topological polar surface area (TPSA) is 132 Å². The van der Waals surface area contributed by atoms with E-state index in [2.05, 4.69) is 0 Å². The minimum atomic E-state index is -1.23. The Balaban J connectivity index is 2.84. The Hall–Kier alpha value is -3.35. The number of nitrogens with zero attached hydrogens (tertiary/aromatic N) is 4. The van der Waals surface area contributed by atoms with Crippen molar-refractivity contribution in [1.82, 2.24) is 0 Å². The summed E-state index contributed by atoms with van der Waals surface area (Å²) in [5.41, 5.74) is 0.110. The highest BCUT2D eigenvalue weighted by atomic mass is 16.4. The van der Waals surface area contributed by atoms with Gasteiger partial charge in [0.25, 0.3) is 0 Å². The number of aliphatic carboxylic acids is 1. The minimum absolute atomic E-state index is 0.122. The van der Waals surface area contributed by atoms with Gasteiger partial charge < -0.3 is 5.11 Å². The molecule has 2 aliphatic rings. The van der Waals surface area contributed by atoms with Gasteiger partial charge in [0.2, 0.25) is 0 Å². The van der Waals surface area contributed by atoms with Crippen LogP contribution in [0.25, 0.3) is 0 Å². The van der Waals surface area contributed by atoms with Crippen LogP contribution in [0.15, 0.2) is 33.9 Å². The van der Waals surface area contributed by atoms with Crippen molar-refractivity contribution < 1.29 is 9.90 Å². The molecule has 0 heterocycles. The molecule has 0 radical (unpaired) electrons. The molecule has 2 saturated carbocycles. The molecule has 1 spiro atoms. The molecule has 0 amide bonds. The highest BCUT2D eigenvalue weighted by Gasteiger charge is 2.46. The van der Waals surface area contributed by atoms with Gasteiger partial charge >= 0.3 is 5.97 Å². The van der Waals surface area contributed by atoms with Crippen molar-refractivity contribution in [3.63, 3.8) is 0 Å². The molecule has 2 aliphatic carbocycles. The highest BCUT2D eigenvalue weighted by molar-refractivity contribution is 5.85. The molecule has 2 fully saturated rings. The van der Waals surface area contributed by atoms with E-state index in [1.165, 1.54) is 0 Å². The second-order valence-corrected chi connectivity index (χ2v) is 6.67. The first-order valence-electron chi connectivity index (χ1n) is 8.56. The minimum Gasteiger partial charge on any atom is -0.478 e. The summed E-state index contributed by atoms with van der Waals surface area (Å²) < 4.78 is 0. The van der Waals surface area contributed by atoms with E-state index in [0.717, 1.165) is 38.2 Å². The monoisotopic (exact) mass is 346 g/mol. The smallest absolute Gasteiger partial charge is 0.328 e. The summed E-state index contributed by atoms with van der Waals surface area (Å²) in [5.74, 6) is -1.23. The maximum absolute atomic E-state index is 11.4. The molecule has 0 aromatic carbocycles. The van der Waals surface area contributed by atoms with Crippen LogP contribution in [0.2, 0.25) is 0 Å². The largest absolute Gasteiger partial charge is 0.478 e. The van der Waals surface area contributed by atoms with Crippen molar-refractivity contribution in [3.05, 3.63) is 33.9 Å². The summed E-state index contributed by atoms with van der Waals surface area (Å²) in [6, 6.07) is 7.47. The summed E-state index contributed by atoms with van der Waals surface area (Å²) in [5, 5.41) is 46.9. The molecule has 0 unspecified atom stereocenters. The van der Waals surface area contributed by atoms with E-state index in [1.54, 1.807) is 0 Å². The summed E-state index contributed by atoms with van der Waals surface area (Å²) in [4.78, 5) is 11.4. The fourth-order valence-corrected chi connectivity index (χ4v) is 4.17. The van der Waals surface area contributed by atoms with Crippen molar-refractivity contribution in [2.75, 3.05) is 0 Å². The van der Waals surface area contributed by atoms with E-state index in [4.69, 9.17) is 0 Å². The number of rotatable bonds is 1. The summed E-state index contributed by atoms with van der Waals surface area (Å²) in [7, 11) is 0. The predicted octanol–water partition coefficient (Wildman–Crippen LogP) is 3.82. The Bertz CT molecular complexity index is 839. The van der Waals surface area contributed by atoms with Gasteiger partial charge in [-0.1, -0.05) is 32.1 Å². The van der Waals surface area contributed by atoms with Crippen molar-refractivity contribution in [3.8, 4) is 24.3 Å². The molecule has 2 rings (SSSR count). The lowest BCUT2D eigenvalue weighted by Gasteiger charge is -2.32. The van der Waals surface area contributed by atoms with Gasteiger partial charge in [-0.25, -0.2) is 4.79 Å². The van der Waals surface area contributed by atoms with Gasteiger partial charge in [-0.05, 0) is 36.0 Å². The van der Waals surface area contributed by atoms with E-state index >= 15 is 0 Å². The summed E-state index contributed by atoms with van der Waals surface area (Å²) in [6.07, 6.45) is 7.66. The van der Waals surface area contributed by atoms with Crippen molar-refractivity contribution in [2.24, 2.45) is 5.41 Å². The average molecular weight is 346 g/mol. The average Bonchev–Trinajstić information content (AvgIpc) is 2.89. The maximum atomic E-state index is 11.4. The predicted molar refractivity (Wildman–Crippen MR) is 91.6 cm³/mol. The van der Waals surface area contributed by atoms with Gasteiger partial charge in [0.15, 0.2) is 0 Å². The second-order valence-electron chi connectivity index (χ2n) is 6.67. The molecular formula is C20H18N4O2. The Morgan fingerprint density at radius 2 is 1.38 bits per heavy atom. The van der Waals surface area contributed by atoms with Gasteiger partial charge in [0, 0.05) is 11.5 Å². The second kappa shape index (κ2) is 8.15. The van der Waals surface area contributed by atoms with Crippen LogP contribution in [0.4, 0.5) is 0 Å². The summed E-state index contributed by atoms with van der Waals surface area (Å²) in [6.45, 7) is 0. The molecule has 0 bridgehead atoms. The van der Waals surface area contributed by atoms with Crippen LogP contribution in [0.1, 0.15) is 51.4 Å². The first kappa shape index (κ1) is 19.0. The number of nitriles is 4. The molecule has 0 aliphatic heterocycles. The first-order valence-corrected chi connectivity index (χ1v) is 8.56. The van der Waals surface area contributed by atoms with Crippen LogP contribution in [0.3, 0.4) is 0 Å². The van der Waals surface area contributed by atoms with Gasteiger partial charge in [-0.2, -0.15) is 21.0 Å². The van der Waals surface area contributed by atoms with Crippen LogP contribution in [-0.4, -0.2) is 11.1 Å². The number of carboxylic acid groups (broad SMARTS) is 1. The van der Waals surface area contributed by atoms with E-state index in [0.29, 0.717) is 30.4 Å². The molecule has 1 N–H and O–H groups in total. The van der Waals surface area contributed by atoms with Crippen molar-refractivity contribution >= 4 is 5.97 Å². The van der Waals surface area contributed by atoms with E-state index < -0.39 is 11.4 Å². The molecule has 6 heteroatoms. The number of hydrogen-bond acceptors (Lipinski definition) is 5. The molecule has 6 nitrogen and oxygen atoms in total. The number of allylic oxidation sites excluding steroid dienone is 5. The van der Waals surface area contributed by atoms with E-state index in [9.17, 15) is 30.9 Å². The van der Waals surface area contributed by atoms with Crippen LogP contribution in [0, 0.1) is 50.7 Å². The van der Waals surface area contributed by atoms with Crippen molar-refractivity contribution in [2.45, 2.75) is 51.4 Å². The number of hydrogen-bond donors (Lipinski definition) is 1. The zero-order valence-electron chi connectivity index (χ0n) is 14.4. The van der Waals surface area contributed by atoms with Crippen LogP contribution >= 0.6 is 0 Å². The fraction of sp³-hybridized carbons (Fsp3) is 0.450. The Kier molecular flexibility index (Phi) is 5.95. The molecule has 0 saturated heterocycles. The Morgan fingerprint density at radius 1 is 0.885 bits per heavy atom. The molecule has 0 atom stereocenters.